The number of aliphatic carboxylic acids is 1. The molecule has 5 heteroatoms. The third-order valence-electron chi connectivity index (χ3n) is 2.70. The van der Waals surface area contributed by atoms with E-state index in [4.69, 9.17) is 5.11 Å². The van der Waals surface area contributed by atoms with Crippen molar-refractivity contribution >= 4 is 23.6 Å². The Labute approximate surface area is 94.0 Å². The average Bonchev–Trinajstić information content (AvgIpc) is 2.18. The Kier molecular flexibility index (Phi) is 4.94. The van der Waals surface area contributed by atoms with Crippen LogP contribution in [0.2, 0.25) is 0 Å². The molecule has 0 aliphatic carbocycles. The van der Waals surface area contributed by atoms with Crippen LogP contribution in [-0.4, -0.2) is 47.0 Å². The Morgan fingerprint density at radius 2 is 2.00 bits per heavy atom. The van der Waals surface area contributed by atoms with E-state index in [1.54, 1.807) is 0 Å². The first-order chi connectivity index (χ1) is 7.13. The van der Waals surface area contributed by atoms with Gasteiger partial charge in [-0.3, -0.25) is 9.59 Å². The topological polar surface area (TPSA) is 57.6 Å². The number of piperidine rings is 1. The predicted molar refractivity (Wildman–Crippen MR) is 59.9 cm³/mol. The van der Waals surface area contributed by atoms with Crippen molar-refractivity contribution in [2.75, 3.05) is 25.1 Å². The van der Waals surface area contributed by atoms with Crippen LogP contribution in [0.1, 0.15) is 19.3 Å². The van der Waals surface area contributed by atoms with Gasteiger partial charge < -0.3 is 10.0 Å². The van der Waals surface area contributed by atoms with E-state index in [-0.39, 0.29) is 18.2 Å². The van der Waals surface area contributed by atoms with E-state index >= 15 is 0 Å². The van der Waals surface area contributed by atoms with Gasteiger partial charge in [-0.15, -0.1) is 0 Å². The molecule has 0 saturated carbocycles. The van der Waals surface area contributed by atoms with Crippen LogP contribution in [0.15, 0.2) is 0 Å². The van der Waals surface area contributed by atoms with Gasteiger partial charge in [0.1, 0.15) is 0 Å². The smallest absolute Gasteiger partial charge is 0.303 e. The third-order valence-corrected chi connectivity index (χ3v) is 3.23. The van der Waals surface area contributed by atoms with Crippen molar-refractivity contribution < 1.29 is 14.7 Å². The largest absolute Gasteiger partial charge is 0.481 e. The quantitative estimate of drug-likeness (QED) is 0.786. The molecule has 1 aliphatic rings. The normalized spacial score (nSPS) is 17.8. The highest BCUT2D eigenvalue weighted by Gasteiger charge is 2.23. The lowest BCUT2D eigenvalue weighted by Gasteiger charge is -2.31. The summed E-state index contributed by atoms with van der Waals surface area (Å²) >= 11 is 1.53. The molecule has 15 heavy (non-hydrogen) atoms. The molecule has 1 amide bonds. The Morgan fingerprint density at radius 1 is 1.40 bits per heavy atom. The van der Waals surface area contributed by atoms with E-state index in [2.05, 4.69) is 0 Å². The minimum atomic E-state index is -0.733. The summed E-state index contributed by atoms with van der Waals surface area (Å²) in [7, 11) is 0. The number of nitrogens with zero attached hydrogens (tertiary/aromatic N) is 1. The molecule has 0 aromatic heterocycles. The molecule has 1 rings (SSSR count). The van der Waals surface area contributed by atoms with E-state index < -0.39 is 5.97 Å². The van der Waals surface area contributed by atoms with Crippen LogP contribution in [0.4, 0.5) is 0 Å². The van der Waals surface area contributed by atoms with Gasteiger partial charge in [0.25, 0.3) is 0 Å². The highest BCUT2D eigenvalue weighted by Crippen LogP contribution is 2.20. The van der Waals surface area contributed by atoms with Gasteiger partial charge in [0.05, 0.1) is 5.75 Å². The molecule has 0 atom stereocenters. The van der Waals surface area contributed by atoms with Gasteiger partial charge in [0.2, 0.25) is 5.91 Å². The number of carboxylic acid groups (broad SMARTS) is 1. The number of carbonyl (C=O) groups excluding carboxylic acids is 1. The summed E-state index contributed by atoms with van der Waals surface area (Å²) in [6.07, 6.45) is 3.80. The molecular formula is C10H17NO3S. The molecule has 0 radical (unpaired) electrons. The summed E-state index contributed by atoms with van der Waals surface area (Å²) in [4.78, 5) is 23.9. The molecule has 0 unspecified atom stereocenters. The highest BCUT2D eigenvalue weighted by atomic mass is 32.2. The average molecular weight is 231 g/mol. The molecule has 0 bridgehead atoms. The Balaban J connectivity index is 2.29. The number of carboxylic acids is 1. The molecule has 1 heterocycles. The number of thioether (sulfide) groups is 1. The van der Waals surface area contributed by atoms with Gasteiger partial charge in [-0.05, 0) is 25.0 Å². The van der Waals surface area contributed by atoms with E-state index in [1.165, 1.54) is 11.8 Å². The SMILES string of the molecule is CSCC(=O)N1CCC(CC(=O)O)CC1. The Bertz CT molecular complexity index is 237. The summed E-state index contributed by atoms with van der Waals surface area (Å²) in [6.45, 7) is 1.44. The molecule has 0 spiro atoms. The summed E-state index contributed by atoms with van der Waals surface area (Å²) in [5, 5.41) is 8.64. The van der Waals surface area contributed by atoms with Gasteiger partial charge in [0, 0.05) is 19.5 Å². The van der Waals surface area contributed by atoms with Crippen molar-refractivity contribution in [1.29, 1.82) is 0 Å². The number of amides is 1. The van der Waals surface area contributed by atoms with E-state index in [0.717, 1.165) is 25.9 Å². The number of hydrogen-bond acceptors (Lipinski definition) is 3. The lowest BCUT2D eigenvalue weighted by atomic mass is 9.94. The molecule has 86 valence electrons. The third kappa shape index (κ3) is 4.11. The van der Waals surface area contributed by atoms with E-state index in [1.807, 2.05) is 11.2 Å². The number of hydrogen-bond donors (Lipinski definition) is 1. The molecule has 4 nitrogen and oxygen atoms in total. The van der Waals surface area contributed by atoms with Crippen LogP contribution in [0.25, 0.3) is 0 Å². The second-order valence-electron chi connectivity index (χ2n) is 3.86. The van der Waals surface area contributed by atoms with Crippen molar-refractivity contribution in [3.05, 3.63) is 0 Å². The summed E-state index contributed by atoms with van der Waals surface area (Å²) in [5.74, 6) is 0.227. The Hall–Kier alpha value is -0.710. The molecular weight excluding hydrogens is 214 g/mol. The summed E-state index contributed by atoms with van der Waals surface area (Å²) < 4.78 is 0. The van der Waals surface area contributed by atoms with Crippen molar-refractivity contribution in [2.45, 2.75) is 19.3 Å². The van der Waals surface area contributed by atoms with Crippen molar-refractivity contribution in [3.8, 4) is 0 Å². The van der Waals surface area contributed by atoms with Crippen molar-refractivity contribution in [3.63, 3.8) is 0 Å². The Morgan fingerprint density at radius 3 is 2.47 bits per heavy atom. The van der Waals surface area contributed by atoms with Crippen molar-refractivity contribution in [2.24, 2.45) is 5.92 Å². The van der Waals surface area contributed by atoms with Crippen molar-refractivity contribution in [1.82, 2.24) is 4.90 Å². The fourth-order valence-electron chi connectivity index (χ4n) is 1.85. The van der Waals surface area contributed by atoms with Crippen LogP contribution < -0.4 is 0 Å². The molecule has 1 fully saturated rings. The molecule has 0 aromatic carbocycles. The second kappa shape index (κ2) is 6.00. The zero-order chi connectivity index (χ0) is 11.3. The highest BCUT2D eigenvalue weighted by molar-refractivity contribution is 7.99. The van der Waals surface area contributed by atoms with Gasteiger partial charge in [-0.2, -0.15) is 11.8 Å². The van der Waals surface area contributed by atoms with Crippen LogP contribution in [0, 0.1) is 5.92 Å². The first-order valence-electron chi connectivity index (χ1n) is 5.12. The van der Waals surface area contributed by atoms with Gasteiger partial charge in [0.15, 0.2) is 0 Å². The minimum Gasteiger partial charge on any atom is -0.481 e. The second-order valence-corrected chi connectivity index (χ2v) is 4.72. The minimum absolute atomic E-state index is 0.177. The summed E-state index contributed by atoms with van der Waals surface area (Å²) in [6, 6.07) is 0. The maximum Gasteiger partial charge on any atom is 0.303 e. The van der Waals surface area contributed by atoms with Crippen LogP contribution in [0.3, 0.4) is 0 Å². The molecule has 1 saturated heterocycles. The van der Waals surface area contributed by atoms with Gasteiger partial charge >= 0.3 is 5.97 Å². The maximum absolute atomic E-state index is 11.5. The van der Waals surface area contributed by atoms with E-state index in [0.29, 0.717) is 5.75 Å². The standard InChI is InChI=1S/C10H17NO3S/c1-15-7-9(12)11-4-2-8(3-5-11)6-10(13)14/h8H,2-7H2,1H3,(H,13,14). The lowest BCUT2D eigenvalue weighted by molar-refractivity contribution is -0.138. The van der Waals surface area contributed by atoms with Gasteiger partial charge in [-0.1, -0.05) is 0 Å². The fraction of sp³-hybridized carbons (Fsp3) is 0.800. The number of likely N-dealkylation sites (tertiary alicyclic amines) is 1. The first kappa shape index (κ1) is 12.4. The monoisotopic (exact) mass is 231 g/mol. The zero-order valence-corrected chi connectivity index (χ0v) is 9.76. The van der Waals surface area contributed by atoms with Gasteiger partial charge in [-0.25, -0.2) is 0 Å². The predicted octanol–water partition coefficient (Wildman–Crippen LogP) is 1.06. The number of rotatable bonds is 4. The first-order valence-corrected chi connectivity index (χ1v) is 6.51. The molecule has 1 aliphatic heterocycles. The maximum atomic E-state index is 11.5. The lowest BCUT2D eigenvalue weighted by Crippen LogP contribution is -2.39. The van der Waals surface area contributed by atoms with Crippen LogP contribution in [-0.2, 0) is 9.59 Å². The van der Waals surface area contributed by atoms with Crippen LogP contribution >= 0.6 is 11.8 Å². The fourth-order valence-corrected chi connectivity index (χ4v) is 2.28. The molecule has 0 aromatic rings. The number of carbonyl (C=O) groups is 2. The van der Waals surface area contributed by atoms with Crippen LogP contribution in [0.5, 0.6) is 0 Å². The van der Waals surface area contributed by atoms with E-state index in [9.17, 15) is 9.59 Å². The molecule has 1 N–H and O–H groups in total. The zero-order valence-electron chi connectivity index (χ0n) is 8.94. The summed E-state index contributed by atoms with van der Waals surface area (Å²) in [5.41, 5.74) is 0.